The van der Waals surface area contributed by atoms with Crippen molar-refractivity contribution in [2.45, 2.75) is 4.90 Å². The molecular weight excluding hydrogens is 270 g/mol. The minimum absolute atomic E-state index is 0.161. The minimum atomic E-state index is 0.161. The van der Waals surface area contributed by atoms with Gasteiger partial charge in [-0.1, -0.05) is 11.6 Å². The zero-order chi connectivity index (χ0) is 13.0. The molecule has 0 atom stereocenters. The molecule has 6 heteroatoms. The van der Waals surface area contributed by atoms with Gasteiger partial charge in [0.1, 0.15) is 0 Å². The van der Waals surface area contributed by atoms with E-state index in [1.54, 1.807) is 12.1 Å². The maximum absolute atomic E-state index is 12.0. The van der Waals surface area contributed by atoms with E-state index in [4.69, 9.17) is 17.3 Å². The van der Waals surface area contributed by atoms with Crippen molar-refractivity contribution in [1.82, 2.24) is 10.2 Å². The summed E-state index contributed by atoms with van der Waals surface area (Å²) in [5.74, 6) is 0.582. The van der Waals surface area contributed by atoms with Gasteiger partial charge in [0.2, 0.25) is 5.91 Å². The third-order valence-electron chi connectivity index (χ3n) is 2.78. The summed E-state index contributed by atoms with van der Waals surface area (Å²) in [5, 5.41) is 3.83. The van der Waals surface area contributed by atoms with Crippen molar-refractivity contribution in [2.24, 2.45) is 0 Å². The molecule has 3 N–H and O–H groups in total. The van der Waals surface area contributed by atoms with Gasteiger partial charge >= 0.3 is 0 Å². The molecule has 1 aliphatic heterocycles. The number of nitrogens with zero attached hydrogens (tertiary/aromatic N) is 1. The van der Waals surface area contributed by atoms with Crippen LogP contribution in [0, 0.1) is 0 Å². The number of thioether (sulfide) groups is 1. The third-order valence-corrected chi connectivity index (χ3v) is 4.26. The topological polar surface area (TPSA) is 58.4 Å². The molecule has 0 spiro atoms. The van der Waals surface area contributed by atoms with Crippen molar-refractivity contribution in [1.29, 1.82) is 0 Å². The molecule has 0 radical (unpaired) electrons. The van der Waals surface area contributed by atoms with Gasteiger partial charge in [-0.2, -0.15) is 0 Å². The first-order valence-corrected chi connectivity index (χ1v) is 7.19. The SMILES string of the molecule is Nc1ccc(SCC(=O)N2CCNCC2)c(Cl)c1. The summed E-state index contributed by atoms with van der Waals surface area (Å²) in [6.45, 7) is 3.32. The summed E-state index contributed by atoms with van der Waals surface area (Å²) in [7, 11) is 0. The minimum Gasteiger partial charge on any atom is -0.399 e. The van der Waals surface area contributed by atoms with E-state index in [0.717, 1.165) is 31.1 Å². The van der Waals surface area contributed by atoms with Gasteiger partial charge in [0.25, 0.3) is 0 Å². The number of amides is 1. The van der Waals surface area contributed by atoms with Crippen molar-refractivity contribution in [3.05, 3.63) is 23.2 Å². The Morgan fingerprint density at radius 3 is 2.83 bits per heavy atom. The molecule has 0 aliphatic carbocycles. The number of benzene rings is 1. The Balaban J connectivity index is 1.88. The van der Waals surface area contributed by atoms with Crippen LogP contribution in [-0.4, -0.2) is 42.7 Å². The van der Waals surface area contributed by atoms with Gasteiger partial charge in [-0.05, 0) is 18.2 Å². The van der Waals surface area contributed by atoms with Gasteiger partial charge in [-0.25, -0.2) is 0 Å². The molecule has 0 bridgehead atoms. The van der Waals surface area contributed by atoms with E-state index in [1.165, 1.54) is 11.8 Å². The number of hydrogen-bond donors (Lipinski definition) is 2. The first-order chi connectivity index (χ1) is 8.66. The van der Waals surface area contributed by atoms with E-state index >= 15 is 0 Å². The van der Waals surface area contributed by atoms with E-state index in [2.05, 4.69) is 5.32 Å². The zero-order valence-corrected chi connectivity index (χ0v) is 11.6. The van der Waals surface area contributed by atoms with Crippen LogP contribution < -0.4 is 11.1 Å². The number of anilines is 1. The van der Waals surface area contributed by atoms with Crippen molar-refractivity contribution in [3.8, 4) is 0 Å². The van der Waals surface area contributed by atoms with Gasteiger partial charge in [-0.15, -0.1) is 11.8 Å². The van der Waals surface area contributed by atoms with Gasteiger partial charge in [0, 0.05) is 36.8 Å². The van der Waals surface area contributed by atoms with Gasteiger partial charge < -0.3 is 16.0 Å². The molecule has 0 aromatic heterocycles. The van der Waals surface area contributed by atoms with E-state index in [0.29, 0.717) is 16.5 Å². The first kappa shape index (κ1) is 13.5. The van der Waals surface area contributed by atoms with Crippen molar-refractivity contribution in [3.63, 3.8) is 0 Å². The second-order valence-electron chi connectivity index (χ2n) is 4.11. The molecule has 1 aliphatic rings. The Hall–Kier alpha value is -0.910. The number of rotatable bonds is 3. The van der Waals surface area contributed by atoms with Crippen LogP contribution in [0.1, 0.15) is 0 Å². The monoisotopic (exact) mass is 285 g/mol. The van der Waals surface area contributed by atoms with E-state index in [-0.39, 0.29) is 5.91 Å². The number of carbonyl (C=O) groups excluding carboxylic acids is 1. The maximum Gasteiger partial charge on any atom is 0.233 e. The molecule has 1 aromatic carbocycles. The lowest BCUT2D eigenvalue weighted by Crippen LogP contribution is -2.47. The molecule has 98 valence electrons. The second-order valence-corrected chi connectivity index (χ2v) is 5.53. The van der Waals surface area contributed by atoms with Crippen LogP contribution in [0.15, 0.2) is 23.1 Å². The Labute approximate surface area is 116 Å². The molecule has 0 unspecified atom stereocenters. The smallest absolute Gasteiger partial charge is 0.233 e. The fourth-order valence-electron chi connectivity index (χ4n) is 1.78. The highest BCUT2D eigenvalue weighted by atomic mass is 35.5. The average molecular weight is 286 g/mol. The molecular formula is C12H16ClN3OS. The molecule has 1 amide bonds. The van der Waals surface area contributed by atoms with Crippen molar-refractivity contribution in [2.75, 3.05) is 37.7 Å². The molecule has 1 aromatic rings. The summed E-state index contributed by atoms with van der Waals surface area (Å²) >= 11 is 7.52. The summed E-state index contributed by atoms with van der Waals surface area (Å²) in [5.41, 5.74) is 6.26. The number of carbonyl (C=O) groups is 1. The molecule has 4 nitrogen and oxygen atoms in total. The van der Waals surface area contributed by atoms with Gasteiger partial charge in [0.05, 0.1) is 10.8 Å². The number of piperazine rings is 1. The quantitative estimate of drug-likeness (QED) is 0.652. The summed E-state index contributed by atoms with van der Waals surface area (Å²) in [4.78, 5) is 14.7. The van der Waals surface area contributed by atoms with E-state index in [1.807, 2.05) is 11.0 Å². The predicted octanol–water partition coefficient (Wildman–Crippen LogP) is 1.45. The largest absolute Gasteiger partial charge is 0.399 e. The molecule has 1 fully saturated rings. The van der Waals surface area contributed by atoms with E-state index < -0.39 is 0 Å². The second kappa shape index (κ2) is 6.31. The number of nitrogens with two attached hydrogens (primary N) is 1. The summed E-state index contributed by atoms with van der Waals surface area (Å²) < 4.78 is 0. The standard InChI is InChI=1S/C12H16ClN3OS/c13-10-7-9(14)1-2-11(10)18-8-12(17)16-5-3-15-4-6-16/h1-2,7,15H,3-6,8,14H2. The van der Waals surface area contributed by atoms with Crippen LogP contribution in [-0.2, 0) is 4.79 Å². The number of hydrogen-bond acceptors (Lipinski definition) is 4. The van der Waals surface area contributed by atoms with Crippen LogP contribution in [0.2, 0.25) is 5.02 Å². The molecule has 0 saturated carbocycles. The van der Waals surface area contributed by atoms with Crippen LogP contribution in [0.25, 0.3) is 0 Å². The van der Waals surface area contributed by atoms with Crippen LogP contribution in [0.3, 0.4) is 0 Å². The lowest BCUT2D eigenvalue weighted by Gasteiger charge is -2.27. The lowest BCUT2D eigenvalue weighted by molar-refractivity contribution is -0.128. The first-order valence-electron chi connectivity index (χ1n) is 5.83. The molecule has 1 heterocycles. The predicted molar refractivity (Wildman–Crippen MR) is 76.0 cm³/mol. The highest BCUT2D eigenvalue weighted by Crippen LogP contribution is 2.28. The van der Waals surface area contributed by atoms with Crippen molar-refractivity contribution < 1.29 is 4.79 Å². The fourth-order valence-corrected chi connectivity index (χ4v) is 2.95. The zero-order valence-electron chi connectivity index (χ0n) is 9.99. The highest BCUT2D eigenvalue weighted by molar-refractivity contribution is 8.00. The Bertz CT molecular complexity index is 435. The molecule has 2 rings (SSSR count). The number of nitrogen functional groups attached to an aromatic ring is 1. The Morgan fingerprint density at radius 2 is 2.17 bits per heavy atom. The normalized spacial score (nSPS) is 15.7. The third kappa shape index (κ3) is 3.54. The van der Waals surface area contributed by atoms with Gasteiger partial charge in [0.15, 0.2) is 0 Å². The molecule has 1 saturated heterocycles. The number of nitrogens with one attached hydrogen (secondary N) is 1. The highest BCUT2D eigenvalue weighted by Gasteiger charge is 2.16. The Morgan fingerprint density at radius 1 is 1.44 bits per heavy atom. The lowest BCUT2D eigenvalue weighted by atomic mass is 10.3. The number of halogens is 1. The Kier molecular flexibility index (Phi) is 4.74. The van der Waals surface area contributed by atoms with Crippen LogP contribution in [0.5, 0.6) is 0 Å². The summed E-state index contributed by atoms with van der Waals surface area (Å²) in [6.07, 6.45) is 0. The van der Waals surface area contributed by atoms with Gasteiger partial charge in [-0.3, -0.25) is 4.79 Å². The molecule has 18 heavy (non-hydrogen) atoms. The van der Waals surface area contributed by atoms with Crippen LogP contribution >= 0.6 is 23.4 Å². The average Bonchev–Trinajstić information content (AvgIpc) is 2.38. The fraction of sp³-hybridized carbons (Fsp3) is 0.417. The van der Waals surface area contributed by atoms with Crippen LogP contribution in [0.4, 0.5) is 5.69 Å². The van der Waals surface area contributed by atoms with E-state index in [9.17, 15) is 4.79 Å². The summed E-state index contributed by atoms with van der Waals surface area (Å²) in [6, 6.07) is 5.36. The van der Waals surface area contributed by atoms with Crippen molar-refractivity contribution >= 4 is 35.0 Å². The maximum atomic E-state index is 12.0.